The van der Waals surface area contributed by atoms with Crippen LogP contribution in [0.2, 0.25) is 0 Å². The summed E-state index contributed by atoms with van der Waals surface area (Å²) in [5.74, 6) is -3.53. The van der Waals surface area contributed by atoms with Gasteiger partial charge in [-0.05, 0) is 19.1 Å². The van der Waals surface area contributed by atoms with Gasteiger partial charge in [-0.3, -0.25) is 4.79 Å². The molecule has 0 aliphatic rings. The minimum Gasteiger partial charge on any atom is -0.452 e. The van der Waals surface area contributed by atoms with Crippen LogP contribution in [0.3, 0.4) is 0 Å². The summed E-state index contributed by atoms with van der Waals surface area (Å²) in [6.07, 6.45) is 0. The number of aromatic nitrogens is 1. The summed E-state index contributed by atoms with van der Waals surface area (Å²) in [4.78, 5) is 23.3. The number of nitrogens with one attached hydrogen (secondary N) is 1. The lowest BCUT2D eigenvalue weighted by Crippen LogP contribution is -2.22. The first-order valence-corrected chi connectivity index (χ1v) is 6.02. The van der Waals surface area contributed by atoms with E-state index in [-0.39, 0.29) is 22.8 Å². The SMILES string of the molecule is Cc1noc(N)c1C(=O)OCC(=O)Nc1cc(F)ccc1F. The Morgan fingerprint density at radius 3 is 2.77 bits per heavy atom. The Morgan fingerprint density at radius 2 is 2.14 bits per heavy atom. The van der Waals surface area contributed by atoms with Crippen molar-refractivity contribution in [2.75, 3.05) is 17.7 Å². The first kappa shape index (κ1) is 15.4. The zero-order chi connectivity index (χ0) is 16.3. The third-order valence-electron chi connectivity index (χ3n) is 2.63. The molecule has 1 heterocycles. The van der Waals surface area contributed by atoms with E-state index < -0.39 is 30.1 Å². The average Bonchev–Trinajstić information content (AvgIpc) is 2.80. The Labute approximate surface area is 123 Å². The van der Waals surface area contributed by atoms with Crippen molar-refractivity contribution < 1.29 is 27.6 Å². The van der Waals surface area contributed by atoms with Crippen LogP contribution >= 0.6 is 0 Å². The van der Waals surface area contributed by atoms with Gasteiger partial charge in [0, 0.05) is 6.07 Å². The van der Waals surface area contributed by atoms with E-state index in [0.717, 1.165) is 18.2 Å². The summed E-state index contributed by atoms with van der Waals surface area (Å²) < 4.78 is 35.6. The van der Waals surface area contributed by atoms with Crippen molar-refractivity contribution in [3.8, 4) is 0 Å². The van der Waals surface area contributed by atoms with Gasteiger partial charge < -0.3 is 20.3 Å². The first-order valence-electron chi connectivity index (χ1n) is 6.02. The number of hydrogen-bond donors (Lipinski definition) is 2. The number of rotatable bonds is 4. The Balaban J connectivity index is 1.96. The first-order chi connectivity index (χ1) is 10.4. The number of hydrogen-bond acceptors (Lipinski definition) is 6. The number of amides is 1. The molecule has 9 heteroatoms. The predicted molar refractivity (Wildman–Crippen MR) is 70.9 cm³/mol. The molecule has 1 aromatic heterocycles. The van der Waals surface area contributed by atoms with E-state index in [2.05, 4.69) is 15.0 Å². The molecule has 0 saturated carbocycles. The highest BCUT2D eigenvalue weighted by Crippen LogP contribution is 2.17. The lowest BCUT2D eigenvalue weighted by molar-refractivity contribution is -0.119. The topological polar surface area (TPSA) is 107 Å². The molecule has 2 rings (SSSR count). The summed E-state index contributed by atoms with van der Waals surface area (Å²) in [5.41, 5.74) is 5.14. The number of nitrogens with two attached hydrogens (primary N) is 1. The largest absolute Gasteiger partial charge is 0.452 e. The van der Waals surface area contributed by atoms with Gasteiger partial charge in [0.25, 0.3) is 5.91 Å². The van der Waals surface area contributed by atoms with Crippen molar-refractivity contribution in [3.63, 3.8) is 0 Å². The zero-order valence-electron chi connectivity index (χ0n) is 11.4. The van der Waals surface area contributed by atoms with Gasteiger partial charge in [0.1, 0.15) is 17.2 Å². The van der Waals surface area contributed by atoms with E-state index in [0.29, 0.717) is 0 Å². The number of carbonyl (C=O) groups is 2. The van der Waals surface area contributed by atoms with Crippen LogP contribution in [-0.2, 0) is 9.53 Å². The molecular weight excluding hydrogens is 300 g/mol. The van der Waals surface area contributed by atoms with Crippen LogP contribution in [0.1, 0.15) is 16.1 Å². The molecule has 22 heavy (non-hydrogen) atoms. The predicted octanol–water partition coefficient (Wildman–Crippen LogP) is 1.64. The lowest BCUT2D eigenvalue weighted by Gasteiger charge is -2.07. The van der Waals surface area contributed by atoms with Crippen LogP contribution in [0.25, 0.3) is 0 Å². The molecule has 1 amide bonds. The number of aryl methyl sites for hydroxylation is 1. The fraction of sp³-hybridized carbons (Fsp3) is 0.154. The van der Waals surface area contributed by atoms with Gasteiger partial charge >= 0.3 is 5.97 Å². The van der Waals surface area contributed by atoms with E-state index >= 15 is 0 Å². The normalized spacial score (nSPS) is 10.3. The van der Waals surface area contributed by atoms with E-state index in [1.807, 2.05) is 0 Å². The quantitative estimate of drug-likeness (QED) is 0.831. The van der Waals surface area contributed by atoms with Gasteiger partial charge in [-0.15, -0.1) is 0 Å². The van der Waals surface area contributed by atoms with Crippen LogP contribution in [0, 0.1) is 18.6 Å². The summed E-state index contributed by atoms with van der Waals surface area (Å²) in [5, 5.41) is 5.54. The van der Waals surface area contributed by atoms with Crippen LogP contribution in [0.5, 0.6) is 0 Å². The van der Waals surface area contributed by atoms with Crippen LogP contribution in [0.15, 0.2) is 22.7 Å². The fourth-order valence-corrected chi connectivity index (χ4v) is 1.62. The monoisotopic (exact) mass is 311 g/mol. The second-order valence-corrected chi connectivity index (χ2v) is 4.26. The highest BCUT2D eigenvalue weighted by Gasteiger charge is 2.21. The number of carbonyl (C=O) groups excluding carboxylic acids is 2. The summed E-state index contributed by atoms with van der Waals surface area (Å²) in [6, 6.07) is 2.57. The molecule has 116 valence electrons. The minimum atomic E-state index is -0.911. The van der Waals surface area contributed by atoms with Crippen molar-refractivity contribution in [2.24, 2.45) is 0 Å². The molecule has 0 saturated heterocycles. The number of nitrogen functional groups attached to an aromatic ring is 1. The maximum Gasteiger partial charge on any atom is 0.346 e. The molecular formula is C13H11F2N3O4. The molecule has 0 radical (unpaired) electrons. The summed E-state index contributed by atoms with van der Waals surface area (Å²) >= 11 is 0. The molecule has 2 aromatic rings. The third kappa shape index (κ3) is 3.37. The Bertz CT molecular complexity index is 711. The van der Waals surface area contributed by atoms with Gasteiger partial charge in [-0.25, -0.2) is 13.6 Å². The molecule has 0 spiro atoms. The Kier molecular flexibility index (Phi) is 4.35. The molecule has 0 aliphatic heterocycles. The van der Waals surface area contributed by atoms with Gasteiger partial charge in [0.05, 0.1) is 11.4 Å². The second-order valence-electron chi connectivity index (χ2n) is 4.26. The van der Waals surface area contributed by atoms with Gasteiger partial charge in [-0.2, -0.15) is 0 Å². The number of benzene rings is 1. The molecule has 0 aliphatic carbocycles. The summed E-state index contributed by atoms with van der Waals surface area (Å²) in [7, 11) is 0. The number of ether oxygens (including phenoxy) is 1. The molecule has 0 fully saturated rings. The standard InChI is InChI=1S/C13H11F2N3O4/c1-6-11(12(16)22-18-6)13(20)21-5-10(19)17-9-4-7(14)2-3-8(9)15/h2-4H,5,16H2,1H3,(H,17,19). The molecule has 0 atom stereocenters. The maximum absolute atomic E-state index is 13.3. The maximum atomic E-state index is 13.3. The van der Waals surface area contributed by atoms with Crippen molar-refractivity contribution >= 4 is 23.4 Å². The zero-order valence-corrected chi connectivity index (χ0v) is 11.4. The lowest BCUT2D eigenvalue weighted by atomic mass is 10.2. The van der Waals surface area contributed by atoms with E-state index in [9.17, 15) is 18.4 Å². The fourth-order valence-electron chi connectivity index (χ4n) is 1.62. The number of esters is 1. The smallest absolute Gasteiger partial charge is 0.346 e. The number of anilines is 2. The van der Waals surface area contributed by atoms with Crippen molar-refractivity contribution in [2.45, 2.75) is 6.92 Å². The highest BCUT2D eigenvalue weighted by molar-refractivity contribution is 5.98. The van der Waals surface area contributed by atoms with E-state index in [1.165, 1.54) is 6.92 Å². The van der Waals surface area contributed by atoms with Crippen LogP contribution < -0.4 is 11.1 Å². The van der Waals surface area contributed by atoms with Crippen molar-refractivity contribution in [3.05, 3.63) is 41.1 Å². The molecule has 7 nitrogen and oxygen atoms in total. The highest BCUT2D eigenvalue weighted by atomic mass is 19.1. The number of halogens is 2. The molecule has 3 N–H and O–H groups in total. The van der Waals surface area contributed by atoms with Crippen molar-refractivity contribution in [1.29, 1.82) is 0 Å². The van der Waals surface area contributed by atoms with Crippen LogP contribution in [-0.4, -0.2) is 23.6 Å². The Morgan fingerprint density at radius 1 is 1.41 bits per heavy atom. The van der Waals surface area contributed by atoms with Gasteiger partial charge in [0.15, 0.2) is 6.61 Å². The second kappa shape index (κ2) is 6.20. The van der Waals surface area contributed by atoms with Gasteiger partial charge in [0.2, 0.25) is 5.88 Å². The van der Waals surface area contributed by atoms with Crippen molar-refractivity contribution in [1.82, 2.24) is 5.16 Å². The van der Waals surface area contributed by atoms with Gasteiger partial charge in [-0.1, -0.05) is 5.16 Å². The molecule has 1 aromatic carbocycles. The van der Waals surface area contributed by atoms with E-state index in [4.69, 9.17) is 10.5 Å². The molecule has 0 bridgehead atoms. The van der Waals surface area contributed by atoms with E-state index in [1.54, 1.807) is 0 Å². The molecule has 0 unspecified atom stereocenters. The van der Waals surface area contributed by atoms with Crippen LogP contribution in [0.4, 0.5) is 20.4 Å². The average molecular weight is 311 g/mol. The Hall–Kier alpha value is -2.97. The third-order valence-corrected chi connectivity index (χ3v) is 2.63. The minimum absolute atomic E-state index is 0.0928. The summed E-state index contributed by atoms with van der Waals surface area (Å²) in [6.45, 7) is 0.761. The number of nitrogens with zero attached hydrogens (tertiary/aromatic N) is 1.